The molecule has 0 spiro atoms. The summed E-state index contributed by atoms with van der Waals surface area (Å²) in [6, 6.07) is 24.3. The van der Waals surface area contributed by atoms with E-state index in [4.69, 9.17) is 15.8 Å². The van der Waals surface area contributed by atoms with Gasteiger partial charge in [-0.05, 0) is 41.5 Å². The van der Waals surface area contributed by atoms with E-state index in [1.165, 1.54) is 0 Å². The van der Waals surface area contributed by atoms with Crippen LogP contribution in [-0.4, -0.2) is 24.7 Å². The molecule has 0 radical (unpaired) electrons. The monoisotopic (exact) mass is 430 g/mol. The zero-order valence-electron chi connectivity index (χ0n) is 17.7. The molecular weight excluding hydrogens is 410 g/mol. The van der Waals surface area contributed by atoms with Gasteiger partial charge in [-0.2, -0.15) is 4.40 Å². The van der Waals surface area contributed by atoms with Gasteiger partial charge >= 0.3 is 5.82 Å². The van der Waals surface area contributed by atoms with Gasteiger partial charge in [-0.15, -0.1) is 0 Å². The topological polar surface area (TPSA) is 86.6 Å². The maximum absolute atomic E-state index is 5.80. The van der Waals surface area contributed by atoms with Crippen molar-refractivity contribution in [3.63, 3.8) is 0 Å². The summed E-state index contributed by atoms with van der Waals surface area (Å²) in [5.74, 6) is 1.21. The lowest BCUT2D eigenvalue weighted by Crippen LogP contribution is -2.23. The van der Waals surface area contributed by atoms with Crippen molar-refractivity contribution in [3.05, 3.63) is 103 Å². The molecule has 0 aliphatic heterocycles. The zero-order valence-corrected chi connectivity index (χ0v) is 17.7. The average molecular weight is 430 g/mol. The van der Waals surface area contributed by atoms with Crippen molar-refractivity contribution in [1.82, 2.24) is 24.7 Å². The van der Waals surface area contributed by atoms with Gasteiger partial charge in [0.1, 0.15) is 5.69 Å². The molecule has 7 nitrogen and oxygen atoms in total. The van der Waals surface area contributed by atoms with Crippen LogP contribution < -0.4 is 10.1 Å². The SMILES string of the molecule is NCc1ccc(-n2nc(-c3ncccn3)[n+]3ccc4ncc(-c5ccccc5)cc4c23)cc1. The summed E-state index contributed by atoms with van der Waals surface area (Å²) in [5.41, 5.74) is 11.7. The van der Waals surface area contributed by atoms with Crippen molar-refractivity contribution < 1.29 is 4.40 Å². The van der Waals surface area contributed by atoms with Crippen LogP contribution in [0, 0.1) is 0 Å². The Hall–Kier alpha value is -4.49. The van der Waals surface area contributed by atoms with E-state index >= 15 is 0 Å². The van der Waals surface area contributed by atoms with Crippen LogP contribution >= 0.6 is 0 Å². The first kappa shape index (κ1) is 19.2. The molecule has 0 fully saturated rings. The Morgan fingerprint density at radius 1 is 0.818 bits per heavy atom. The van der Waals surface area contributed by atoms with Gasteiger partial charge in [-0.3, -0.25) is 4.98 Å². The fourth-order valence-corrected chi connectivity index (χ4v) is 4.02. The van der Waals surface area contributed by atoms with Gasteiger partial charge < -0.3 is 5.73 Å². The molecule has 0 saturated heterocycles. The van der Waals surface area contributed by atoms with Gasteiger partial charge in [0.2, 0.25) is 5.82 Å². The van der Waals surface area contributed by atoms with Crippen molar-refractivity contribution in [1.29, 1.82) is 0 Å². The molecule has 4 aromatic heterocycles. The summed E-state index contributed by atoms with van der Waals surface area (Å²) in [6.07, 6.45) is 7.32. The summed E-state index contributed by atoms with van der Waals surface area (Å²) < 4.78 is 3.94. The van der Waals surface area contributed by atoms with E-state index in [0.29, 0.717) is 18.2 Å². The fourth-order valence-electron chi connectivity index (χ4n) is 4.02. The van der Waals surface area contributed by atoms with Gasteiger partial charge in [0.05, 0.1) is 22.2 Å². The number of aromatic nitrogens is 6. The number of pyridine rings is 2. The lowest BCUT2D eigenvalue weighted by Gasteiger charge is -2.04. The van der Waals surface area contributed by atoms with Crippen LogP contribution in [-0.2, 0) is 6.54 Å². The molecule has 0 amide bonds. The van der Waals surface area contributed by atoms with Crippen molar-refractivity contribution in [2.45, 2.75) is 6.54 Å². The Balaban J connectivity index is 1.68. The first-order valence-corrected chi connectivity index (χ1v) is 10.7. The molecule has 7 heteroatoms. The van der Waals surface area contributed by atoms with E-state index in [1.807, 2.05) is 70.0 Å². The highest BCUT2D eigenvalue weighted by atomic mass is 15.4. The standard InChI is InChI=1S/C26H20N7/c27-16-18-7-9-21(10-8-18)33-26-22-15-20(19-5-2-1-3-6-19)17-30-23(22)11-14-32(26)25(31-33)24-28-12-4-13-29-24/h1-15,17H,16,27H2/q+1. The molecule has 158 valence electrons. The van der Waals surface area contributed by atoms with Crippen molar-refractivity contribution in [2.24, 2.45) is 5.73 Å². The second kappa shape index (κ2) is 7.89. The zero-order chi connectivity index (χ0) is 22.2. The number of nitrogens with two attached hydrogens (primary N) is 1. The molecular formula is C26H20N7+. The van der Waals surface area contributed by atoms with Crippen LogP contribution in [0.1, 0.15) is 5.56 Å². The molecule has 0 aliphatic carbocycles. The summed E-state index contributed by atoms with van der Waals surface area (Å²) in [4.78, 5) is 13.6. The summed E-state index contributed by atoms with van der Waals surface area (Å²) in [6.45, 7) is 0.491. The number of fused-ring (bicyclic) bond motifs is 3. The van der Waals surface area contributed by atoms with E-state index in [1.54, 1.807) is 18.5 Å². The lowest BCUT2D eigenvalue weighted by molar-refractivity contribution is -0.499. The molecule has 0 atom stereocenters. The van der Waals surface area contributed by atoms with E-state index in [-0.39, 0.29) is 0 Å². The molecule has 0 saturated carbocycles. The second-order valence-electron chi connectivity index (χ2n) is 7.71. The van der Waals surface area contributed by atoms with Crippen LogP contribution in [0.15, 0.2) is 97.6 Å². The molecule has 0 unspecified atom stereocenters. The highest BCUT2D eigenvalue weighted by Crippen LogP contribution is 2.26. The van der Waals surface area contributed by atoms with Crippen LogP contribution in [0.4, 0.5) is 0 Å². The maximum atomic E-state index is 5.80. The third kappa shape index (κ3) is 3.31. The average Bonchev–Trinajstić information content (AvgIpc) is 3.30. The van der Waals surface area contributed by atoms with Gasteiger partial charge in [0.25, 0.3) is 5.65 Å². The Kier molecular flexibility index (Phi) is 4.59. The van der Waals surface area contributed by atoms with E-state index in [0.717, 1.165) is 38.9 Å². The highest BCUT2D eigenvalue weighted by molar-refractivity contribution is 5.93. The minimum atomic E-state index is 0.491. The molecule has 0 aliphatic rings. The highest BCUT2D eigenvalue weighted by Gasteiger charge is 2.27. The van der Waals surface area contributed by atoms with Crippen molar-refractivity contribution in [3.8, 4) is 28.5 Å². The normalized spacial score (nSPS) is 11.3. The number of nitrogens with zero attached hydrogens (tertiary/aromatic N) is 6. The first-order chi connectivity index (χ1) is 16.3. The minimum absolute atomic E-state index is 0.491. The first-order valence-electron chi connectivity index (χ1n) is 10.7. The smallest absolute Gasteiger partial charge is 0.326 e. The van der Waals surface area contributed by atoms with Gasteiger partial charge in [0.15, 0.2) is 0 Å². The fraction of sp³-hybridized carbons (Fsp3) is 0.0385. The second-order valence-corrected chi connectivity index (χ2v) is 7.71. The Labute approximate surface area is 189 Å². The van der Waals surface area contributed by atoms with Crippen LogP contribution in [0.2, 0.25) is 0 Å². The third-order valence-corrected chi connectivity index (χ3v) is 5.68. The molecule has 0 bridgehead atoms. The maximum Gasteiger partial charge on any atom is 0.351 e. The molecule has 6 aromatic rings. The largest absolute Gasteiger partial charge is 0.351 e. The number of hydrogen-bond acceptors (Lipinski definition) is 5. The number of benzene rings is 2. The molecule has 2 N–H and O–H groups in total. The quantitative estimate of drug-likeness (QED) is 0.431. The van der Waals surface area contributed by atoms with E-state index in [9.17, 15) is 0 Å². The Bertz CT molecular complexity index is 1570. The van der Waals surface area contributed by atoms with E-state index in [2.05, 4.69) is 28.2 Å². The summed E-state index contributed by atoms with van der Waals surface area (Å²) in [5, 5.41) is 5.92. The van der Waals surface area contributed by atoms with Crippen LogP contribution in [0.3, 0.4) is 0 Å². The minimum Gasteiger partial charge on any atom is -0.326 e. The van der Waals surface area contributed by atoms with Crippen molar-refractivity contribution >= 4 is 16.6 Å². The third-order valence-electron chi connectivity index (χ3n) is 5.68. The number of rotatable bonds is 4. The van der Waals surface area contributed by atoms with E-state index < -0.39 is 0 Å². The lowest BCUT2D eigenvalue weighted by atomic mass is 10.1. The van der Waals surface area contributed by atoms with Crippen molar-refractivity contribution in [2.75, 3.05) is 0 Å². The Morgan fingerprint density at radius 2 is 1.61 bits per heavy atom. The molecule has 2 aromatic carbocycles. The molecule has 33 heavy (non-hydrogen) atoms. The van der Waals surface area contributed by atoms with Gasteiger partial charge in [0, 0.05) is 30.7 Å². The molecule has 4 heterocycles. The van der Waals surface area contributed by atoms with Crippen LogP contribution in [0.25, 0.3) is 45.0 Å². The summed E-state index contributed by atoms with van der Waals surface area (Å²) in [7, 11) is 0. The Morgan fingerprint density at radius 3 is 2.36 bits per heavy atom. The predicted molar refractivity (Wildman–Crippen MR) is 126 cm³/mol. The predicted octanol–water partition coefficient (Wildman–Crippen LogP) is 3.74. The molecule has 6 rings (SSSR count). The summed E-state index contributed by atoms with van der Waals surface area (Å²) >= 11 is 0. The van der Waals surface area contributed by atoms with Crippen LogP contribution in [0.5, 0.6) is 0 Å². The van der Waals surface area contributed by atoms with Gasteiger partial charge in [-0.25, -0.2) is 9.97 Å². The van der Waals surface area contributed by atoms with Gasteiger partial charge in [-0.1, -0.05) is 47.1 Å². The number of hydrogen-bond donors (Lipinski definition) is 1.